The van der Waals surface area contributed by atoms with E-state index in [1.54, 1.807) is 42.5 Å². The molecule has 12 heteroatoms. The summed E-state index contributed by atoms with van der Waals surface area (Å²) in [4.78, 5) is 32.5. The SMILES string of the molecule is C=CC(=O)Nc1ccccc1Nc1nc(Nc2ccc3c(c2)/C(=C/c2ccccc2C(F)(F)F)C(=O)N3)ncc1F. The van der Waals surface area contributed by atoms with E-state index in [0.717, 1.165) is 18.3 Å². The highest BCUT2D eigenvalue weighted by molar-refractivity contribution is 6.35. The molecule has 4 aromatic rings. The second kappa shape index (κ2) is 10.9. The largest absolute Gasteiger partial charge is 0.416 e. The second-order valence-electron chi connectivity index (χ2n) is 8.74. The van der Waals surface area contributed by atoms with Crippen LogP contribution in [-0.2, 0) is 15.8 Å². The van der Waals surface area contributed by atoms with Gasteiger partial charge >= 0.3 is 6.18 Å². The summed E-state index contributed by atoms with van der Waals surface area (Å²) in [5, 5.41) is 11.0. The first-order valence-electron chi connectivity index (χ1n) is 12.0. The first kappa shape index (κ1) is 27.1. The van der Waals surface area contributed by atoms with Crippen LogP contribution in [0.25, 0.3) is 11.6 Å². The summed E-state index contributed by atoms with van der Waals surface area (Å²) in [6, 6.07) is 16.3. The molecule has 0 spiro atoms. The molecule has 0 saturated carbocycles. The minimum Gasteiger partial charge on any atom is -0.336 e. The molecule has 8 nitrogen and oxygen atoms in total. The Kier molecular flexibility index (Phi) is 7.21. The molecule has 0 aliphatic carbocycles. The van der Waals surface area contributed by atoms with Crippen molar-refractivity contribution in [3.8, 4) is 0 Å². The van der Waals surface area contributed by atoms with Gasteiger partial charge in [-0.3, -0.25) is 9.59 Å². The highest BCUT2D eigenvalue weighted by Crippen LogP contribution is 2.38. The summed E-state index contributed by atoms with van der Waals surface area (Å²) in [7, 11) is 0. The number of benzene rings is 3. The molecule has 0 radical (unpaired) electrons. The lowest BCUT2D eigenvalue weighted by Crippen LogP contribution is -2.10. The number of hydrogen-bond acceptors (Lipinski definition) is 6. The van der Waals surface area contributed by atoms with Crippen LogP contribution < -0.4 is 21.3 Å². The molecular weight excluding hydrogens is 540 g/mol. The Hall–Kier alpha value is -5.52. The monoisotopic (exact) mass is 560 g/mol. The van der Waals surface area contributed by atoms with E-state index in [-0.39, 0.29) is 22.9 Å². The lowest BCUT2D eigenvalue weighted by Gasteiger charge is -2.13. The number of fused-ring (bicyclic) bond motifs is 1. The lowest BCUT2D eigenvalue weighted by atomic mass is 10.00. The number of carbonyl (C=O) groups excluding carboxylic acids is 2. The Morgan fingerprint density at radius 3 is 2.46 bits per heavy atom. The summed E-state index contributed by atoms with van der Waals surface area (Å²) in [5.74, 6) is -1.97. The maximum atomic E-state index is 14.6. The quantitative estimate of drug-likeness (QED) is 0.147. The van der Waals surface area contributed by atoms with E-state index < -0.39 is 29.4 Å². The molecule has 0 atom stereocenters. The Bertz CT molecular complexity index is 1720. The van der Waals surface area contributed by atoms with E-state index in [2.05, 4.69) is 37.8 Å². The molecule has 1 aliphatic heterocycles. The van der Waals surface area contributed by atoms with Gasteiger partial charge in [-0.05, 0) is 54.1 Å². The average molecular weight is 561 g/mol. The van der Waals surface area contributed by atoms with Gasteiger partial charge in [0, 0.05) is 22.5 Å². The summed E-state index contributed by atoms with van der Waals surface area (Å²) in [5.41, 5.74) is 0.926. The summed E-state index contributed by atoms with van der Waals surface area (Å²) in [6.45, 7) is 3.41. The highest BCUT2D eigenvalue weighted by atomic mass is 19.4. The minimum absolute atomic E-state index is 0.00770. The molecule has 5 rings (SSSR count). The Labute approximate surface area is 230 Å². The molecule has 0 bridgehead atoms. The zero-order chi connectivity index (χ0) is 29.1. The van der Waals surface area contributed by atoms with Gasteiger partial charge in [-0.1, -0.05) is 36.9 Å². The number of carbonyl (C=O) groups is 2. The van der Waals surface area contributed by atoms with Crippen LogP contribution in [0.15, 0.2) is 85.6 Å². The third-order valence-electron chi connectivity index (χ3n) is 5.99. The molecule has 1 aromatic heterocycles. The third-order valence-corrected chi connectivity index (χ3v) is 5.99. The number of halogens is 4. The van der Waals surface area contributed by atoms with Crippen LogP contribution in [0.4, 0.5) is 52.1 Å². The van der Waals surface area contributed by atoms with Crippen molar-refractivity contribution in [2.45, 2.75) is 6.18 Å². The van der Waals surface area contributed by atoms with Crippen molar-refractivity contribution in [3.05, 3.63) is 108 Å². The summed E-state index contributed by atoms with van der Waals surface area (Å²) >= 11 is 0. The standard InChI is InChI=1S/C29H20F4N6O2/c1-2-25(40)36-23-9-5-6-10-24(23)37-26-21(30)15-34-28(39-26)35-17-11-12-22-18(14-17)19(27(41)38-22)13-16-7-3-4-8-20(16)29(31,32)33/h2-15H,1H2,(H,36,40)(H,38,41)(H2,34,35,37,39)/b19-13-. The fourth-order valence-electron chi connectivity index (χ4n) is 4.10. The molecule has 0 fully saturated rings. The number of nitrogens with zero attached hydrogens (tertiary/aromatic N) is 2. The van der Waals surface area contributed by atoms with Crippen molar-refractivity contribution in [1.82, 2.24) is 9.97 Å². The van der Waals surface area contributed by atoms with Crippen LogP contribution >= 0.6 is 0 Å². The number of hydrogen-bond donors (Lipinski definition) is 4. The van der Waals surface area contributed by atoms with Crippen molar-refractivity contribution in [3.63, 3.8) is 0 Å². The van der Waals surface area contributed by atoms with E-state index in [4.69, 9.17) is 0 Å². The molecular formula is C29H20F4N6O2. The normalized spacial score (nSPS) is 13.4. The fourth-order valence-corrected chi connectivity index (χ4v) is 4.10. The van der Waals surface area contributed by atoms with E-state index in [9.17, 15) is 27.2 Å². The van der Waals surface area contributed by atoms with E-state index in [1.165, 1.54) is 24.3 Å². The maximum absolute atomic E-state index is 14.6. The van der Waals surface area contributed by atoms with Crippen LogP contribution in [0, 0.1) is 5.82 Å². The predicted molar refractivity (Wildman–Crippen MR) is 148 cm³/mol. The zero-order valence-electron chi connectivity index (χ0n) is 21.0. The van der Waals surface area contributed by atoms with E-state index in [1.807, 2.05) is 0 Å². The van der Waals surface area contributed by atoms with Crippen LogP contribution in [-0.4, -0.2) is 21.8 Å². The van der Waals surface area contributed by atoms with Crippen LogP contribution in [0.2, 0.25) is 0 Å². The minimum atomic E-state index is -4.60. The lowest BCUT2D eigenvalue weighted by molar-refractivity contribution is -0.137. The van der Waals surface area contributed by atoms with Gasteiger partial charge in [0.1, 0.15) is 0 Å². The van der Waals surface area contributed by atoms with Gasteiger partial charge in [0.2, 0.25) is 11.9 Å². The van der Waals surface area contributed by atoms with E-state index >= 15 is 0 Å². The van der Waals surface area contributed by atoms with Gasteiger partial charge in [0.15, 0.2) is 11.6 Å². The van der Waals surface area contributed by atoms with Crippen LogP contribution in [0.5, 0.6) is 0 Å². The molecule has 2 heterocycles. The second-order valence-corrected chi connectivity index (χ2v) is 8.74. The first-order chi connectivity index (χ1) is 19.6. The van der Waals surface area contributed by atoms with Gasteiger partial charge in [0.05, 0.1) is 23.1 Å². The number of anilines is 6. The average Bonchev–Trinajstić information content (AvgIpc) is 3.25. The summed E-state index contributed by atoms with van der Waals surface area (Å²) in [6.07, 6.45) is -1.37. The number of nitrogens with one attached hydrogen (secondary N) is 4. The predicted octanol–water partition coefficient (Wildman–Crippen LogP) is 6.74. The van der Waals surface area contributed by atoms with Crippen molar-refractivity contribution in [2.24, 2.45) is 0 Å². The van der Waals surface area contributed by atoms with E-state index in [0.29, 0.717) is 28.3 Å². The van der Waals surface area contributed by atoms with Crippen molar-refractivity contribution >= 4 is 58.0 Å². The number of rotatable bonds is 7. The van der Waals surface area contributed by atoms with Crippen LogP contribution in [0.3, 0.4) is 0 Å². The first-order valence-corrected chi connectivity index (χ1v) is 12.0. The third kappa shape index (κ3) is 5.91. The molecule has 1 aliphatic rings. The number of amides is 2. The topological polar surface area (TPSA) is 108 Å². The van der Waals surface area contributed by atoms with Gasteiger partial charge in [-0.2, -0.15) is 18.2 Å². The molecule has 0 unspecified atom stereocenters. The van der Waals surface area contributed by atoms with Gasteiger partial charge in [-0.15, -0.1) is 0 Å². The molecule has 4 N–H and O–H groups in total. The van der Waals surface area contributed by atoms with Gasteiger partial charge < -0.3 is 21.3 Å². The number of aromatic nitrogens is 2. The van der Waals surface area contributed by atoms with Gasteiger partial charge in [-0.25, -0.2) is 9.37 Å². The van der Waals surface area contributed by atoms with Crippen LogP contribution in [0.1, 0.15) is 16.7 Å². The smallest absolute Gasteiger partial charge is 0.336 e. The molecule has 0 saturated heterocycles. The Morgan fingerprint density at radius 1 is 0.976 bits per heavy atom. The number of alkyl halides is 3. The van der Waals surface area contributed by atoms with Crippen molar-refractivity contribution < 1.29 is 27.2 Å². The summed E-state index contributed by atoms with van der Waals surface area (Å²) < 4.78 is 55.1. The van der Waals surface area contributed by atoms with Crippen molar-refractivity contribution in [1.29, 1.82) is 0 Å². The molecule has 2 amide bonds. The Balaban J connectivity index is 1.43. The van der Waals surface area contributed by atoms with Crippen molar-refractivity contribution in [2.75, 3.05) is 21.3 Å². The molecule has 3 aromatic carbocycles. The Morgan fingerprint density at radius 2 is 1.71 bits per heavy atom. The molecule has 41 heavy (non-hydrogen) atoms. The zero-order valence-corrected chi connectivity index (χ0v) is 21.0. The fraction of sp³-hybridized carbons (Fsp3) is 0.0345. The highest BCUT2D eigenvalue weighted by Gasteiger charge is 2.33. The van der Waals surface area contributed by atoms with Gasteiger partial charge in [0.25, 0.3) is 5.91 Å². The maximum Gasteiger partial charge on any atom is 0.416 e. The number of para-hydroxylation sites is 2. The molecule has 206 valence electrons.